The lowest BCUT2D eigenvalue weighted by molar-refractivity contribution is -0.384. The predicted octanol–water partition coefficient (Wildman–Crippen LogP) is 2.63. The highest BCUT2D eigenvalue weighted by Crippen LogP contribution is 2.27. The van der Waals surface area contributed by atoms with Gasteiger partial charge < -0.3 is 4.42 Å². The molecule has 0 spiro atoms. The van der Waals surface area contributed by atoms with Crippen molar-refractivity contribution >= 4 is 27.3 Å². The van der Waals surface area contributed by atoms with E-state index in [2.05, 4.69) is 4.72 Å². The lowest BCUT2D eigenvalue weighted by Gasteiger charge is -2.05. The van der Waals surface area contributed by atoms with E-state index in [0.29, 0.717) is 11.5 Å². The first-order valence-electron chi connectivity index (χ1n) is 5.78. The van der Waals surface area contributed by atoms with E-state index in [0.717, 1.165) is 6.07 Å². The largest absolute Gasteiger partial charge is 0.465 e. The van der Waals surface area contributed by atoms with Crippen molar-refractivity contribution in [2.24, 2.45) is 0 Å². The normalized spacial score (nSPS) is 11.5. The summed E-state index contributed by atoms with van der Waals surface area (Å²) < 4.78 is 31.7. The van der Waals surface area contributed by atoms with Crippen LogP contribution in [0.5, 0.6) is 0 Å². The first-order valence-corrected chi connectivity index (χ1v) is 7.64. The van der Waals surface area contributed by atoms with Crippen molar-refractivity contribution in [3.63, 3.8) is 0 Å². The molecule has 2 rings (SSSR count). The second kappa shape index (κ2) is 5.84. The number of nitro benzene ring substituents is 1. The number of nitrogens with zero attached hydrogens (tertiary/aromatic N) is 1. The van der Waals surface area contributed by atoms with Gasteiger partial charge in [-0.05, 0) is 31.2 Å². The highest BCUT2D eigenvalue weighted by Gasteiger charge is 2.20. The summed E-state index contributed by atoms with van der Waals surface area (Å²) in [6.45, 7) is 1.69. The van der Waals surface area contributed by atoms with Crippen molar-refractivity contribution in [2.75, 3.05) is 0 Å². The number of benzene rings is 1. The summed E-state index contributed by atoms with van der Waals surface area (Å²) in [7, 11) is -3.90. The number of hydrogen-bond acceptors (Lipinski definition) is 5. The van der Waals surface area contributed by atoms with Gasteiger partial charge in [-0.1, -0.05) is 11.6 Å². The minimum atomic E-state index is -3.90. The molecule has 1 heterocycles. The Morgan fingerprint density at radius 3 is 2.62 bits per heavy atom. The summed E-state index contributed by atoms with van der Waals surface area (Å²) in [6, 6.07) is 6.63. The van der Waals surface area contributed by atoms with Gasteiger partial charge in [0.2, 0.25) is 10.0 Å². The maximum absolute atomic E-state index is 12.1. The van der Waals surface area contributed by atoms with Gasteiger partial charge in [-0.2, -0.15) is 0 Å². The van der Waals surface area contributed by atoms with Crippen molar-refractivity contribution in [2.45, 2.75) is 18.4 Å². The molecular weight excluding hydrogens is 320 g/mol. The minimum Gasteiger partial charge on any atom is -0.465 e. The zero-order chi connectivity index (χ0) is 15.6. The van der Waals surface area contributed by atoms with Gasteiger partial charge in [0.05, 0.1) is 16.4 Å². The Morgan fingerprint density at radius 1 is 1.33 bits per heavy atom. The predicted molar refractivity (Wildman–Crippen MR) is 75.6 cm³/mol. The average molecular weight is 331 g/mol. The van der Waals surface area contributed by atoms with E-state index in [4.69, 9.17) is 16.0 Å². The SMILES string of the molecule is Cc1ccc(CNS(=O)(=O)c2ccc(Cl)c([N+](=O)[O-])c2)o1. The van der Waals surface area contributed by atoms with E-state index in [1.165, 1.54) is 12.1 Å². The summed E-state index contributed by atoms with van der Waals surface area (Å²) in [6.07, 6.45) is 0. The molecule has 1 N–H and O–H groups in total. The van der Waals surface area contributed by atoms with E-state index in [1.807, 2.05) is 0 Å². The minimum absolute atomic E-state index is 0.0490. The van der Waals surface area contributed by atoms with Crippen LogP contribution >= 0.6 is 11.6 Å². The molecule has 0 saturated heterocycles. The average Bonchev–Trinajstić information content (AvgIpc) is 2.82. The van der Waals surface area contributed by atoms with Crippen molar-refractivity contribution in [3.05, 3.63) is 57.0 Å². The van der Waals surface area contributed by atoms with Gasteiger partial charge in [0.1, 0.15) is 16.5 Å². The first kappa shape index (κ1) is 15.5. The number of nitro groups is 1. The van der Waals surface area contributed by atoms with Crippen LogP contribution in [0.3, 0.4) is 0 Å². The standard InChI is InChI=1S/C12H11ClN2O5S/c1-8-2-3-9(20-8)7-14-21(18,19)10-4-5-11(13)12(6-10)15(16)17/h2-6,14H,7H2,1H3. The van der Waals surface area contributed by atoms with Crippen LogP contribution in [0.4, 0.5) is 5.69 Å². The number of nitrogens with one attached hydrogen (secondary N) is 1. The Bertz CT molecular complexity index is 785. The van der Waals surface area contributed by atoms with E-state index in [1.54, 1.807) is 19.1 Å². The summed E-state index contributed by atoms with van der Waals surface area (Å²) in [5.74, 6) is 1.10. The van der Waals surface area contributed by atoms with Crippen LogP contribution in [0.15, 0.2) is 39.6 Å². The van der Waals surface area contributed by atoms with Crippen LogP contribution in [0.2, 0.25) is 5.02 Å². The summed E-state index contributed by atoms with van der Waals surface area (Å²) in [4.78, 5) is 9.80. The number of hydrogen-bond donors (Lipinski definition) is 1. The van der Waals surface area contributed by atoms with Gasteiger partial charge in [-0.25, -0.2) is 13.1 Å². The maximum atomic E-state index is 12.1. The maximum Gasteiger partial charge on any atom is 0.289 e. The van der Waals surface area contributed by atoms with E-state index in [9.17, 15) is 18.5 Å². The van der Waals surface area contributed by atoms with Gasteiger partial charge in [0.15, 0.2) is 0 Å². The second-order valence-corrected chi connectivity index (χ2v) is 6.38. The van der Waals surface area contributed by atoms with Crippen molar-refractivity contribution in [1.82, 2.24) is 4.72 Å². The Labute approximate surface area is 125 Å². The molecule has 7 nitrogen and oxygen atoms in total. The molecular formula is C12H11ClN2O5S. The first-order chi connectivity index (χ1) is 9.79. The molecule has 0 fully saturated rings. The van der Waals surface area contributed by atoms with E-state index >= 15 is 0 Å². The van der Waals surface area contributed by atoms with Crippen LogP contribution in [0.25, 0.3) is 0 Å². The van der Waals surface area contributed by atoms with Gasteiger partial charge >= 0.3 is 0 Å². The van der Waals surface area contributed by atoms with E-state index in [-0.39, 0.29) is 16.5 Å². The molecule has 1 aromatic carbocycles. The fraction of sp³-hybridized carbons (Fsp3) is 0.167. The fourth-order valence-corrected chi connectivity index (χ4v) is 2.83. The Hall–Kier alpha value is -1.90. The number of halogens is 1. The number of aryl methyl sites for hydroxylation is 1. The summed E-state index contributed by atoms with van der Waals surface area (Å²) >= 11 is 5.65. The molecule has 0 aliphatic carbocycles. The van der Waals surface area contributed by atoms with Crippen LogP contribution in [-0.4, -0.2) is 13.3 Å². The Morgan fingerprint density at radius 2 is 2.05 bits per heavy atom. The molecule has 0 atom stereocenters. The molecule has 112 valence electrons. The third-order valence-electron chi connectivity index (χ3n) is 2.66. The number of rotatable bonds is 5. The molecule has 0 aliphatic rings. The van der Waals surface area contributed by atoms with E-state index < -0.39 is 20.6 Å². The lowest BCUT2D eigenvalue weighted by atomic mass is 10.3. The molecule has 1 aromatic heterocycles. The van der Waals surface area contributed by atoms with Crippen molar-refractivity contribution in [1.29, 1.82) is 0 Å². The zero-order valence-electron chi connectivity index (χ0n) is 10.9. The monoisotopic (exact) mass is 330 g/mol. The van der Waals surface area contributed by atoms with Crippen LogP contribution in [0, 0.1) is 17.0 Å². The van der Waals surface area contributed by atoms with Crippen molar-refractivity contribution < 1.29 is 17.8 Å². The lowest BCUT2D eigenvalue weighted by Crippen LogP contribution is -2.23. The van der Waals surface area contributed by atoms with Crippen LogP contribution < -0.4 is 4.72 Å². The third kappa shape index (κ3) is 3.60. The molecule has 9 heteroatoms. The second-order valence-electron chi connectivity index (χ2n) is 4.21. The quantitative estimate of drug-likeness (QED) is 0.670. The molecule has 0 aliphatic heterocycles. The Kier molecular flexibility index (Phi) is 4.31. The van der Waals surface area contributed by atoms with Gasteiger partial charge in [-0.3, -0.25) is 10.1 Å². The number of furan rings is 1. The summed E-state index contributed by atoms with van der Waals surface area (Å²) in [5, 5.41) is 10.6. The molecule has 0 amide bonds. The van der Waals surface area contributed by atoms with Gasteiger partial charge in [0, 0.05) is 6.07 Å². The smallest absolute Gasteiger partial charge is 0.289 e. The summed E-state index contributed by atoms with van der Waals surface area (Å²) in [5.41, 5.74) is -0.464. The van der Waals surface area contributed by atoms with Crippen molar-refractivity contribution in [3.8, 4) is 0 Å². The highest BCUT2D eigenvalue weighted by molar-refractivity contribution is 7.89. The van der Waals surface area contributed by atoms with Gasteiger partial charge in [-0.15, -0.1) is 0 Å². The molecule has 0 unspecified atom stereocenters. The highest BCUT2D eigenvalue weighted by atomic mass is 35.5. The molecule has 21 heavy (non-hydrogen) atoms. The topological polar surface area (TPSA) is 102 Å². The number of sulfonamides is 1. The van der Waals surface area contributed by atoms with Crippen LogP contribution in [-0.2, 0) is 16.6 Å². The molecule has 2 aromatic rings. The zero-order valence-corrected chi connectivity index (χ0v) is 12.4. The van der Waals surface area contributed by atoms with Gasteiger partial charge in [0.25, 0.3) is 5.69 Å². The molecule has 0 bridgehead atoms. The van der Waals surface area contributed by atoms with Crippen LogP contribution in [0.1, 0.15) is 11.5 Å². The molecule has 0 radical (unpaired) electrons. The Balaban J connectivity index is 2.23. The molecule has 0 saturated carbocycles. The fourth-order valence-electron chi connectivity index (χ4n) is 1.63. The third-order valence-corrected chi connectivity index (χ3v) is 4.38.